The van der Waals surface area contributed by atoms with Crippen LogP contribution in [0.5, 0.6) is 5.75 Å². The lowest BCUT2D eigenvalue weighted by Crippen LogP contribution is -2.20. The van der Waals surface area contributed by atoms with E-state index in [4.69, 9.17) is 5.53 Å². The molecule has 1 rings (SSSR count). The largest absolute Gasteiger partial charge is 0.573 e. The molecule has 6 nitrogen and oxygen atoms in total. The number of nitrogens with zero attached hydrogens (tertiary/aromatic N) is 3. The summed E-state index contributed by atoms with van der Waals surface area (Å²) < 4.78 is 52.8. The zero-order valence-corrected chi connectivity index (χ0v) is 10.5. The first kappa shape index (κ1) is 17.0. The molecule has 0 amide bonds. The van der Waals surface area contributed by atoms with Crippen LogP contribution in [0.25, 0.3) is 10.4 Å². The van der Waals surface area contributed by atoms with Gasteiger partial charge in [0, 0.05) is 11.5 Å². The van der Waals surface area contributed by atoms with Crippen LogP contribution in [-0.2, 0) is 0 Å². The highest BCUT2D eigenvalue weighted by Crippen LogP contribution is 2.28. The van der Waals surface area contributed by atoms with Gasteiger partial charge in [-0.3, -0.25) is 0 Å². The van der Waals surface area contributed by atoms with Crippen molar-refractivity contribution in [3.05, 3.63) is 40.0 Å². The number of benzene rings is 1. The first-order chi connectivity index (χ1) is 9.74. The quantitative estimate of drug-likeness (QED) is 0.366. The number of hydrogen-bond donors (Lipinski definition) is 2. The van der Waals surface area contributed by atoms with Crippen LogP contribution in [-0.4, -0.2) is 29.2 Å². The van der Waals surface area contributed by atoms with Crippen LogP contribution in [0.15, 0.2) is 23.3 Å². The lowest BCUT2D eigenvalue weighted by atomic mass is 10.0. The van der Waals surface area contributed by atoms with Crippen LogP contribution in [0.4, 0.5) is 17.6 Å². The maximum absolute atomic E-state index is 13.4. The third kappa shape index (κ3) is 5.46. The number of rotatable bonds is 6. The molecule has 0 saturated heterocycles. The lowest BCUT2D eigenvalue weighted by molar-refractivity contribution is -0.275. The van der Waals surface area contributed by atoms with E-state index in [9.17, 15) is 27.8 Å². The third-order valence-corrected chi connectivity index (χ3v) is 2.48. The number of aliphatic hydroxyl groups excluding tert-OH is 2. The monoisotopic (exact) mass is 309 g/mol. The van der Waals surface area contributed by atoms with Gasteiger partial charge in [-0.1, -0.05) is 11.2 Å². The van der Waals surface area contributed by atoms with Crippen molar-refractivity contribution >= 4 is 0 Å². The summed E-state index contributed by atoms with van der Waals surface area (Å²) in [4.78, 5) is 2.45. The van der Waals surface area contributed by atoms with Gasteiger partial charge in [0.15, 0.2) is 11.6 Å². The highest BCUT2D eigenvalue weighted by molar-refractivity contribution is 5.31. The molecule has 1 aromatic rings. The van der Waals surface area contributed by atoms with Crippen LogP contribution >= 0.6 is 0 Å². The van der Waals surface area contributed by atoms with E-state index in [0.29, 0.717) is 12.1 Å². The molecule has 0 heterocycles. The van der Waals surface area contributed by atoms with Gasteiger partial charge in [-0.15, -0.1) is 13.2 Å². The van der Waals surface area contributed by atoms with E-state index in [2.05, 4.69) is 14.8 Å². The van der Waals surface area contributed by atoms with Crippen LogP contribution in [0.3, 0.4) is 0 Å². The fraction of sp³-hybridized carbons (Fsp3) is 0.455. The molecule has 0 aliphatic heterocycles. The highest BCUT2D eigenvalue weighted by Gasteiger charge is 2.32. The maximum atomic E-state index is 13.4. The summed E-state index contributed by atoms with van der Waals surface area (Å²) in [7, 11) is 0. The van der Waals surface area contributed by atoms with Gasteiger partial charge in [-0.25, -0.2) is 4.39 Å². The predicted molar refractivity (Wildman–Crippen MR) is 62.7 cm³/mol. The molecule has 2 N–H and O–H groups in total. The second-order valence-electron chi connectivity index (χ2n) is 3.99. The Morgan fingerprint density at radius 2 is 2.00 bits per heavy atom. The molecule has 0 spiro atoms. The number of hydrogen-bond acceptors (Lipinski definition) is 4. The van der Waals surface area contributed by atoms with Crippen LogP contribution in [0.1, 0.15) is 18.1 Å². The SMILES string of the molecule is [N-]=[N+]=NCCC(O)C(O)c1ccc(OC(F)(F)F)c(F)c1. The molecule has 1 aromatic carbocycles. The molecule has 2 atom stereocenters. The van der Waals surface area contributed by atoms with Crippen molar-refractivity contribution in [1.82, 2.24) is 0 Å². The molecular formula is C11H11F4N3O3. The van der Waals surface area contributed by atoms with E-state index in [1.165, 1.54) is 0 Å². The average molecular weight is 309 g/mol. The molecule has 10 heteroatoms. The van der Waals surface area contributed by atoms with Gasteiger partial charge >= 0.3 is 6.36 Å². The Bertz CT molecular complexity index is 532. The zero-order chi connectivity index (χ0) is 16.0. The Kier molecular flexibility index (Phi) is 5.77. The molecule has 2 unspecified atom stereocenters. The molecule has 0 radical (unpaired) electrons. The van der Waals surface area contributed by atoms with Gasteiger partial charge in [0.25, 0.3) is 0 Å². The second kappa shape index (κ2) is 7.11. The molecule has 116 valence electrons. The Hall–Kier alpha value is -2.03. The molecule has 0 aliphatic carbocycles. The number of ether oxygens (including phenoxy) is 1. The number of halogens is 4. The summed E-state index contributed by atoms with van der Waals surface area (Å²) in [5, 5.41) is 22.4. The van der Waals surface area contributed by atoms with Gasteiger partial charge in [0.2, 0.25) is 0 Å². The summed E-state index contributed by atoms with van der Waals surface area (Å²) in [6.07, 6.45) is -8.01. The second-order valence-corrected chi connectivity index (χ2v) is 3.99. The highest BCUT2D eigenvalue weighted by atomic mass is 19.4. The Morgan fingerprint density at radius 3 is 2.52 bits per heavy atom. The van der Waals surface area contributed by atoms with E-state index >= 15 is 0 Å². The molecule has 0 bridgehead atoms. The molecular weight excluding hydrogens is 298 g/mol. The first-order valence-electron chi connectivity index (χ1n) is 5.67. The Morgan fingerprint density at radius 1 is 1.33 bits per heavy atom. The zero-order valence-electron chi connectivity index (χ0n) is 10.5. The van der Waals surface area contributed by atoms with Crippen molar-refractivity contribution in [3.63, 3.8) is 0 Å². The van der Waals surface area contributed by atoms with Crippen molar-refractivity contribution in [2.45, 2.75) is 25.0 Å². The normalized spacial score (nSPS) is 14.2. The maximum Gasteiger partial charge on any atom is 0.573 e. The van der Waals surface area contributed by atoms with Gasteiger partial charge in [0.1, 0.15) is 6.10 Å². The Balaban J connectivity index is 2.80. The smallest absolute Gasteiger partial charge is 0.403 e. The summed E-state index contributed by atoms with van der Waals surface area (Å²) in [6, 6.07) is 2.32. The fourth-order valence-corrected chi connectivity index (χ4v) is 1.52. The van der Waals surface area contributed by atoms with E-state index in [-0.39, 0.29) is 18.5 Å². The molecule has 21 heavy (non-hydrogen) atoms. The fourth-order valence-electron chi connectivity index (χ4n) is 1.52. The number of aliphatic hydroxyl groups is 2. The van der Waals surface area contributed by atoms with Gasteiger partial charge in [0.05, 0.1) is 6.10 Å². The van der Waals surface area contributed by atoms with Gasteiger partial charge in [-0.2, -0.15) is 0 Å². The lowest BCUT2D eigenvalue weighted by Gasteiger charge is -2.18. The topological polar surface area (TPSA) is 98.5 Å². The van der Waals surface area contributed by atoms with Crippen LogP contribution in [0, 0.1) is 5.82 Å². The minimum atomic E-state index is -5.03. The summed E-state index contributed by atoms with van der Waals surface area (Å²) in [6.45, 7) is -0.0908. The van der Waals surface area contributed by atoms with E-state index in [1.807, 2.05) is 0 Å². The number of alkyl halides is 3. The van der Waals surface area contributed by atoms with Gasteiger partial charge < -0.3 is 14.9 Å². The van der Waals surface area contributed by atoms with Crippen LogP contribution < -0.4 is 4.74 Å². The minimum absolute atomic E-state index is 0.0896. The average Bonchev–Trinajstić information content (AvgIpc) is 2.39. The molecule has 0 aliphatic rings. The summed E-state index contributed by atoms with van der Waals surface area (Å²) >= 11 is 0. The Labute approximate surface area is 116 Å². The molecule has 0 fully saturated rings. The first-order valence-corrected chi connectivity index (χ1v) is 5.67. The standard InChI is InChI=1S/C11H11F4N3O3/c12-7-5-6(1-2-9(7)21-11(13,14)15)10(20)8(19)3-4-17-18-16/h1-2,5,8,10,19-20H,3-4H2. The van der Waals surface area contributed by atoms with Gasteiger partial charge in [-0.05, 0) is 29.6 Å². The summed E-state index contributed by atoms with van der Waals surface area (Å²) in [5.41, 5.74) is 7.92. The van der Waals surface area contributed by atoms with Crippen LogP contribution in [0.2, 0.25) is 0 Å². The van der Waals surface area contributed by atoms with Crippen molar-refractivity contribution in [2.24, 2.45) is 5.11 Å². The number of azide groups is 1. The molecule has 0 saturated carbocycles. The van der Waals surface area contributed by atoms with E-state index < -0.39 is 30.1 Å². The predicted octanol–water partition coefficient (Wildman–Crippen LogP) is 2.82. The van der Waals surface area contributed by atoms with Crippen molar-refractivity contribution < 1.29 is 32.5 Å². The van der Waals surface area contributed by atoms with Crippen molar-refractivity contribution in [2.75, 3.05) is 6.54 Å². The molecule has 0 aromatic heterocycles. The van der Waals surface area contributed by atoms with E-state index in [1.54, 1.807) is 0 Å². The van der Waals surface area contributed by atoms with Crippen molar-refractivity contribution in [3.8, 4) is 5.75 Å². The minimum Gasteiger partial charge on any atom is -0.403 e. The van der Waals surface area contributed by atoms with Crippen molar-refractivity contribution in [1.29, 1.82) is 0 Å². The van der Waals surface area contributed by atoms with E-state index in [0.717, 1.165) is 6.07 Å². The summed E-state index contributed by atoms with van der Waals surface area (Å²) in [5.74, 6) is -2.37. The third-order valence-electron chi connectivity index (χ3n) is 2.48.